The van der Waals surface area contributed by atoms with Gasteiger partial charge in [0, 0.05) is 19.5 Å². The van der Waals surface area contributed by atoms with E-state index in [0.717, 1.165) is 16.7 Å². The van der Waals surface area contributed by atoms with Crippen LogP contribution in [0.25, 0.3) is 0 Å². The summed E-state index contributed by atoms with van der Waals surface area (Å²) in [7, 11) is 0. The topological polar surface area (TPSA) is 58.6 Å². The monoisotopic (exact) mass is 510 g/mol. The minimum Gasteiger partial charge on any atom is -0.484 e. The summed E-state index contributed by atoms with van der Waals surface area (Å²) in [5, 5.41) is 3.01. The molecule has 4 aromatic rings. The average molecular weight is 511 g/mol. The second kappa shape index (κ2) is 13.2. The zero-order chi connectivity index (χ0) is 26.7. The molecule has 0 aliphatic carbocycles. The van der Waals surface area contributed by atoms with E-state index < -0.39 is 6.04 Å². The van der Waals surface area contributed by atoms with Crippen LogP contribution in [-0.2, 0) is 29.1 Å². The van der Waals surface area contributed by atoms with Crippen molar-refractivity contribution < 1.29 is 18.7 Å². The highest BCUT2D eigenvalue weighted by Gasteiger charge is 2.30. The summed E-state index contributed by atoms with van der Waals surface area (Å²) < 4.78 is 19.3. The van der Waals surface area contributed by atoms with Crippen molar-refractivity contribution in [2.75, 3.05) is 6.61 Å². The van der Waals surface area contributed by atoms with E-state index in [1.165, 1.54) is 17.0 Å². The van der Waals surface area contributed by atoms with Crippen LogP contribution in [0.2, 0.25) is 0 Å². The van der Waals surface area contributed by atoms with Crippen LogP contribution in [0.4, 0.5) is 4.39 Å². The predicted octanol–water partition coefficient (Wildman–Crippen LogP) is 5.47. The molecule has 2 amide bonds. The van der Waals surface area contributed by atoms with Crippen LogP contribution in [0.3, 0.4) is 0 Å². The van der Waals surface area contributed by atoms with Crippen molar-refractivity contribution in [3.8, 4) is 5.75 Å². The maximum atomic E-state index is 13.6. The molecule has 0 aliphatic rings. The number of rotatable bonds is 11. The lowest BCUT2D eigenvalue weighted by atomic mass is 10.0. The molecule has 0 heterocycles. The Labute approximate surface area is 222 Å². The lowest BCUT2D eigenvalue weighted by molar-refractivity contribution is -0.142. The highest BCUT2D eigenvalue weighted by atomic mass is 19.1. The number of benzene rings is 4. The Balaban J connectivity index is 1.60. The van der Waals surface area contributed by atoms with Gasteiger partial charge in [-0.05, 0) is 47.9 Å². The fourth-order valence-corrected chi connectivity index (χ4v) is 4.10. The quantitative estimate of drug-likeness (QED) is 0.291. The summed E-state index contributed by atoms with van der Waals surface area (Å²) in [6.07, 6.45) is 0.318. The van der Waals surface area contributed by atoms with Gasteiger partial charge in [0.05, 0.1) is 0 Å². The molecule has 194 valence electrons. The average Bonchev–Trinajstić information content (AvgIpc) is 2.95. The fourth-order valence-electron chi connectivity index (χ4n) is 4.10. The first-order valence-corrected chi connectivity index (χ1v) is 12.6. The van der Waals surface area contributed by atoms with Crippen molar-refractivity contribution in [1.82, 2.24) is 10.2 Å². The SMILES string of the molecule is Cc1ccc(CNC(=O)C(Cc2ccccc2)N(Cc2ccc(F)cc2)C(=O)COc2ccccc2)cc1. The van der Waals surface area contributed by atoms with E-state index in [0.29, 0.717) is 24.3 Å². The number of carbonyl (C=O) groups is 2. The summed E-state index contributed by atoms with van der Waals surface area (Å²) in [6, 6.07) is 31.7. The van der Waals surface area contributed by atoms with Crippen LogP contribution in [-0.4, -0.2) is 29.4 Å². The van der Waals surface area contributed by atoms with E-state index in [2.05, 4.69) is 5.32 Å². The molecule has 0 saturated heterocycles. The summed E-state index contributed by atoms with van der Waals surface area (Å²) in [6.45, 7) is 2.24. The van der Waals surface area contributed by atoms with E-state index in [1.807, 2.05) is 79.7 Å². The summed E-state index contributed by atoms with van der Waals surface area (Å²) in [5.74, 6) is -0.420. The van der Waals surface area contributed by atoms with Gasteiger partial charge in [-0.1, -0.05) is 90.5 Å². The minimum atomic E-state index is -0.806. The number of halogens is 1. The number of para-hydroxylation sites is 1. The molecular formula is C32H31FN2O3. The Morgan fingerprint density at radius 3 is 2.05 bits per heavy atom. The summed E-state index contributed by atoms with van der Waals surface area (Å²) in [5.41, 5.74) is 3.73. The zero-order valence-corrected chi connectivity index (χ0v) is 21.3. The summed E-state index contributed by atoms with van der Waals surface area (Å²) >= 11 is 0. The zero-order valence-electron chi connectivity index (χ0n) is 21.3. The molecule has 1 atom stereocenters. The van der Waals surface area contributed by atoms with E-state index in [4.69, 9.17) is 4.74 Å². The molecule has 0 aliphatic heterocycles. The number of hydrogen-bond acceptors (Lipinski definition) is 3. The van der Waals surface area contributed by atoms with E-state index in [1.54, 1.807) is 24.3 Å². The molecule has 38 heavy (non-hydrogen) atoms. The number of hydrogen-bond donors (Lipinski definition) is 1. The normalized spacial score (nSPS) is 11.4. The second-order valence-electron chi connectivity index (χ2n) is 9.16. The van der Waals surface area contributed by atoms with E-state index in [9.17, 15) is 14.0 Å². The van der Waals surface area contributed by atoms with Crippen LogP contribution < -0.4 is 10.1 Å². The Kier molecular flexibility index (Phi) is 9.24. The van der Waals surface area contributed by atoms with Crippen LogP contribution in [0, 0.1) is 12.7 Å². The first kappa shape index (κ1) is 26.6. The number of ether oxygens (including phenoxy) is 1. The molecular weight excluding hydrogens is 479 g/mol. The standard InChI is InChI=1S/C32H31FN2O3/c1-24-12-14-26(15-13-24)21-34-32(37)30(20-25-8-4-2-5-9-25)35(22-27-16-18-28(33)19-17-27)31(36)23-38-29-10-6-3-7-11-29/h2-19,30H,20-23H2,1H3,(H,34,37). The molecule has 1 N–H and O–H groups in total. The van der Waals surface area contributed by atoms with Crippen LogP contribution in [0.1, 0.15) is 22.3 Å². The number of aryl methyl sites for hydroxylation is 1. The van der Waals surface area contributed by atoms with Crippen molar-refractivity contribution in [2.24, 2.45) is 0 Å². The van der Waals surface area contributed by atoms with Gasteiger partial charge in [0.2, 0.25) is 5.91 Å². The fraction of sp³-hybridized carbons (Fsp3) is 0.188. The molecule has 0 aromatic heterocycles. The Morgan fingerprint density at radius 1 is 0.789 bits per heavy atom. The van der Waals surface area contributed by atoms with Gasteiger partial charge in [0.25, 0.3) is 5.91 Å². The van der Waals surface area contributed by atoms with E-state index >= 15 is 0 Å². The number of amides is 2. The number of nitrogens with one attached hydrogen (secondary N) is 1. The molecule has 1 unspecified atom stereocenters. The highest BCUT2D eigenvalue weighted by Crippen LogP contribution is 2.17. The third kappa shape index (κ3) is 7.77. The van der Waals surface area contributed by atoms with Crippen LogP contribution in [0.15, 0.2) is 109 Å². The third-order valence-electron chi connectivity index (χ3n) is 6.23. The molecule has 0 fully saturated rings. The molecule has 6 heteroatoms. The smallest absolute Gasteiger partial charge is 0.261 e. The number of carbonyl (C=O) groups excluding carboxylic acids is 2. The molecule has 0 bridgehead atoms. The lowest BCUT2D eigenvalue weighted by Crippen LogP contribution is -2.51. The van der Waals surface area contributed by atoms with Gasteiger partial charge in [-0.3, -0.25) is 9.59 Å². The Hall–Kier alpha value is -4.45. The van der Waals surface area contributed by atoms with Crippen molar-refractivity contribution in [3.63, 3.8) is 0 Å². The highest BCUT2D eigenvalue weighted by molar-refractivity contribution is 5.88. The lowest BCUT2D eigenvalue weighted by Gasteiger charge is -2.31. The Bertz CT molecular complexity index is 1310. The first-order chi connectivity index (χ1) is 18.5. The second-order valence-corrected chi connectivity index (χ2v) is 9.16. The molecule has 4 rings (SSSR count). The molecule has 5 nitrogen and oxygen atoms in total. The van der Waals surface area contributed by atoms with Gasteiger partial charge in [0.1, 0.15) is 17.6 Å². The van der Waals surface area contributed by atoms with Crippen molar-refractivity contribution in [3.05, 3.63) is 137 Å². The molecule has 0 saturated carbocycles. The molecule has 0 spiro atoms. The van der Waals surface area contributed by atoms with Gasteiger partial charge in [-0.2, -0.15) is 0 Å². The van der Waals surface area contributed by atoms with Gasteiger partial charge in [-0.25, -0.2) is 4.39 Å². The van der Waals surface area contributed by atoms with Gasteiger partial charge in [0.15, 0.2) is 6.61 Å². The molecule has 4 aromatic carbocycles. The van der Waals surface area contributed by atoms with Gasteiger partial charge in [-0.15, -0.1) is 0 Å². The molecule has 0 radical (unpaired) electrons. The largest absolute Gasteiger partial charge is 0.484 e. The van der Waals surface area contributed by atoms with Crippen LogP contribution in [0.5, 0.6) is 5.75 Å². The first-order valence-electron chi connectivity index (χ1n) is 12.6. The van der Waals surface area contributed by atoms with Crippen molar-refractivity contribution >= 4 is 11.8 Å². The predicted molar refractivity (Wildman–Crippen MR) is 146 cm³/mol. The van der Waals surface area contributed by atoms with Gasteiger partial charge < -0.3 is 15.0 Å². The summed E-state index contributed by atoms with van der Waals surface area (Å²) in [4.78, 5) is 28.8. The third-order valence-corrected chi connectivity index (χ3v) is 6.23. The number of nitrogens with zero attached hydrogens (tertiary/aromatic N) is 1. The maximum Gasteiger partial charge on any atom is 0.261 e. The maximum absolute atomic E-state index is 13.6. The Morgan fingerprint density at radius 2 is 1.39 bits per heavy atom. The van der Waals surface area contributed by atoms with Crippen molar-refractivity contribution in [2.45, 2.75) is 32.5 Å². The minimum absolute atomic E-state index is 0.132. The van der Waals surface area contributed by atoms with Gasteiger partial charge >= 0.3 is 0 Å². The van der Waals surface area contributed by atoms with Crippen LogP contribution >= 0.6 is 0 Å². The van der Waals surface area contributed by atoms with E-state index in [-0.39, 0.29) is 30.8 Å². The van der Waals surface area contributed by atoms with Crippen molar-refractivity contribution in [1.29, 1.82) is 0 Å².